The van der Waals surface area contributed by atoms with Gasteiger partial charge < -0.3 is 15.3 Å². The molecule has 17 heavy (non-hydrogen) atoms. The molecule has 0 amide bonds. The van der Waals surface area contributed by atoms with E-state index in [1.807, 2.05) is 0 Å². The molecule has 3 heteroatoms. The first-order chi connectivity index (χ1) is 8.09. The van der Waals surface area contributed by atoms with Crippen LogP contribution < -0.4 is 5.32 Å². The van der Waals surface area contributed by atoms with E-state index in [9.17, 15) is 5.11 Å². The zero-order valence-electron chi connectivity index (χ0n) is 11.0. The van der Waals surface area contributed by atoms with Crippen LogP contribution in [0.25, 0.3) is 0 Å². The smallest absolute Gasteiger partial charge is 0.0839 e. The first kappa shape index (κ1) is 14.4. The standard InChI is InChI=1S/C14H26N2O/c1-4-8-14(17,9-5-2)12-15-13-6-10-16(3)11-7-13/h4-5,13,15,17H,1-2,6-12H2,3H3. The van der Waals surface area contributed by atoms with E-state index < -0.39 is 5.60 Å². The molecule has 3 nitrogen and oxygen atoms in total. The van der Waals surface area contributed by atoms with Crippen LogP contribution in [0.3, 0.4) is 0 Å². The molecule has 1 fully saturated rings. The van der Waals surface area contributed by atoms with E-state index in [1.165, 1.54) is 0 Å². The van der Waals surface area contributed by atoms with E-state index in [-0.39, 0.29) is 0 Å². The van der Waals surface area contributed by atoms with Gasteiger partial charge in [0.1, 0.15) is 0 Å². The van der Waals surface area contributed by atoms with E-state index in [0.29, 0.717) is 25.4 Å². The predicted octanol–water partition coefficient (Wildman–Crippen LogP) is 1.55. The van der Waals surface area contributed by atoms with Crippen molar-refractivity contribution in [2.24, 2.45) is 0 Å². The molecular weight excluding hydrogens is 212 g/mol. The average molecular weight is 238 g/mol. The Balaban J connectivity index is 2.35. The van der Waals surface area contributed by atoms with Crippen molar-refractivity contribution in [2.75, 3.05) is 26.7 Å². The van der Waals surface area contributed by atoms with Gasteiger partial charge in [-0.2, -0.15) is 0 Å². The third-order valence-corrected chi connectivity index (χ3v) is 3.49. The Labute approximate surface area is 105 Å². The molecule has 1 aliphatic heterocycles. The molecule has 1 heterocycles. The molecule has 1 saturated heterocycles. The van der Waals surface area contributed by atoms with E-state index >= 15 is 0 Å². The first-order valence-corrected chi connectivity index (χ1v) is 6.46. The van der Waals surface area contributed by atoms with E-state index in [0.717, 1.165) is 25.9 Å². The van der Waals surface area contributed by atoms with Crippen LogP contribution in [0.4, 0.5) is 0 Å². The summed E-state index contributed by atoms with van der Waals surface area (Å²) >= 11 is 0. The Kier molecular flexibility index (Phi) is 5.89. The average Bonchev–Trinajstić information content (AvgIpc) is 2.29. The minimum atomic E-state index is -0.715. The van der Waals surface area contributed by atoms with Gasteiger partial charge in [0.15, 0.2) is 0 Å². The van der Waals surface area contributed by atoms with Gasteiger partial charge in [0.05, 0.1) is 5.60 Å². The van der Waals surface area contributed by atoms with Crippen molar-refractivity contribution in [1.82, 2.24) is 10.2 Å². The fourth-order valence-electron chi connectivity index (χ4n) is 2.31. The summed E-state index contributed by atoms with van der Waals surface area (Å²) in [5.74, 6) is 0. The molecule has 0 saturated carbocycles. The maximum atomic E-state index is 10.4. The molecular formula is C14H26N2O. The van der Waals surface area contributed by atoms with Gasteiger partial charge in [-0.15, -0.1) is 13.2 Å². The van der Waals surface area contributed by atoms with Gasteiger partial charge in [-0.3, -0.25) is 0 Å². The van der Waals surface area contributed by atoms with Gasteiger partial charge in [0.2, 0.25) is 0 Å². The van der Waals surface area contributed by atoms with Crippen LogP contribution >= 0.6 is 0 Å². The number of nitrogens with zero attached hydrogens (tertiary/aromatic N) is 1. The summed E-state index contributed by atoms with van der Waals surface area (Å²) < 4.78 is 0. The second-order valence-corrected chi connectivity index (χ2v) is 5.17. The molecule has 0 aromatic heterocycles. The number of aliphatic hydroxyl groups is 1. The van der Waals surface area contributed by atoms with Crippen molar-refractivity contribution in [3.8, 4) is 0 Å². The second-order valence-electron chi connectivity index (χ2n) is 5.17. The number of piperidine rings is 1. The molecule has 1 rings (SSSR count). The summed E-state index contributed by atoms with van der Waals surface area (Å²) in [5, 5.41) is 13.9. The van der Waals surface area contributed by atoms with Crippen LogP contribution in [-0.2, 0) is 0 Å². The minimum absolute atomic E-state index is 0.535. The summed E-state index contributed by atoms with van der Waals surface area (Å²) in [6.07, 6.45) is 7.10. The molecule has 0 aromatic rings. The van der Waals surface area contributed by atoms with Crippen molar-refractivity contribution < 1.29 is 5.11 Å². The van der Waals surface area contributed by atoms with Gasteiger partial charge in [0, 0.05) is 12.6 Å². The summed E-state index contributed by atoms with van der Waals surface area (Å²) in [5.41, 5.74) is -0.715. The zero-order chi connectivity index (χ0) is 12.7. The number of rotatable bonds is 7. The number of likely N-dealkylation sites (tertiary alicyclic amines) is 1. The summed E-state index contributed by atoms with van der Waals surface area (Å²) in [6.45, 7) is 10.3. The second kappa shape index (κ2) is 6.94. The van der Waals surface area contributed by atoms with Crippen molar-refractivity contribution in [1.29, 1.82) is 0 Å². The van der Waals surface area contributed by atoms with Crippen LogP contribution in [0.5, 0.6) is 0 Å². The minimum Gasteiger partial charge on any atom is -0.388 e. The number of hydrogen-bond donors (Lipinski definition) is 2. The maximum Gasteiger partial charge on any atom is 0.0839 e. The zero-order valence-corrected chi connectivity index (χ0v) is 11.0. The molecule has 2 N–H and O–H groups in total. The van der Waals surface area contributed by atoms with E-state index in [1.54, 1.807) is 12.2 Å². The fraction of sp³-hybridized carbons (Fsp3) is 0.714. The quantitative estimate of drug-likeness (QED) is 0.661. The lowest BCUT2D eigenvalue weighted by atomic mass is 9.94. The van der Waals surface area contributed by atoms with Crippen LogP contribution in [-0.4, -0.2) is 48.3 Å². The molecule has 0 radical (unpaired) electrons. The lowest BCUT2D eigenvalue weighted by Crippen LogP contribution is -2.47. The molecule has 98 valence electrons. The predicted molar refractivity (Wildman–Crippen MR) is 73.1 cm³/mol. The highest BCUT2D eigenvalue weighted by Gasteiger charge is 2.25. The fourth-order valence-corrected chi connectivity index (χ4v) is 2.31. The monoisotopic (exact) mass is 238 g/mol. The van der Waals surface area contributed by atoms with Gasteiger partial charge in [0.25, 0.3) is 0 Å². The molecule has 0 atom stereocenters. The SMILES string of the molecule is C=CCC(O)(CC=C)CNC1CCN(C)CC1. The lowest BCUT2D eigenvalue weighted by Gasteiger charge is -2.33. The summed E-state index contributed by atoms with van der Waals surface area (Å²) in [4.78, 5) is 2.35. The lowest BCUT2D eigenvalue weighted by molar-refractivity contribution is 0.0409. The highest BCUT2D eigenvalue weighted by Crippen LogP contribution is 2.17. The van der Waals surface area contributed by atoms with Gasteiger partial charge in [-0.25, -0.2) is 0 Å². The molecule has 0 spiro atoms. The van der Waals surface area contributed by atoms with Gasteiger partial charge >= 0.3 is 0 Å². The van der Waals surface area contributed by atoms with Crippen molar-refractivity contribution in [3.05, 3.63) is 25.3 Å². The van der Waals surface area contributed by atoms with Crippen LogP contribution in [0.2, 0.25) is 0 Å². The molecule has 0 aromatic carbocycles. The molecule has 0 bridgehead atoms. The molecule has 0 unspecified atom stereocenters. The number of nitrogens with one attached hydrogen (secondary N) is 1. The van der Waals surface area contributed by atoms with Crippen LogP contribution in [0.15, 0.2) is 25.3 Å². The van der Waals surface area contributed by atoms with Gasteiger partial charge in [-0.1, -0.05) is 12.2 Å². The molecule has 1 aliphatic rings. The van der Waals surface area contributed by atoms with Crippen LogP contribution in [0, 0.1) is 0 Å². The summed E-state index contributed by atoms with van der Waals surface area (Å²) in [7, 11) is 2.15. The van der Waals surface area contributed by atoms with Crippen LogP contribution in [0.1, 0.15) is 25.7 Å². The Morgan fingerprint density at radius 1 is 1.29 bits per heavy atom. The largest absolute Gasteiger partial charge is 0.388 e. The Morgan fingerprint density at radius 3 is 2.29 bits per heavy atom. The van der Waals surface area contributed by atoms with E-state index in [4.69, 9.17) is 0 Å². The summed E-state index contributed by atoms with van der Waals surface area (Å²) in [6, 6.07) is 0.535. The maximum absolute atomic E-state index is 10.4. The third kappa shape index (κ3) is 5.02. The normalized spacial score (nSPS) is 19.2. The first-order valence-electron chi connectivity index (χ1n) is 6.46. The van der Waals surface area contributed by atoms with Gasteiger partial charge in [-0.05, 0) is 45.8 Å². The Hall–Kier alpha value is -0.640. The Morgan fingerprint density at radius 2 is 1.82 bits per heavy atom. The molecule has 0 aliphatic carbocycles. The topological polar surface area (TPSA) is 35.5 Å². The van der Waals surface area contributed by atoms with Crippen molar-refractivity contribution in [3.63, 3.8) is 0 Å². The van der Waals surface area contributed by atoms with E-state index in [2.05, 4.69) is 30.4 Å². The highest BCUT2D eigenvalue weighted by atomic mass is 16.3. The number of hydrogen-bond acceptors (Lipinski definition) is 3. The van der Waals surface area contributed by atoms with Crippen molar-refractivity contribution in [2.45, 2.75) is 37.3 Å². The highest BCUT2D eigenvalue weighted by molar-refractivity contribution is 4.94. The Bertz CT molecular complexity index is 235. The third-order valence-electron chi connectivity index (χ3n) is 3.49. The van der Waals surface area contributed by atoms with Crippen molar-refractivity contribution >= 4 is 0 Å².